The molecule has 0 saturated heterocycles. The Bertz CT molecular complexity index is 358. The number of nitrogens with one attached hydrogen (secondary N) is 1. The van der Waals surface area contributed by atoms with Gasteiger partial charge in [-0.1, -0.05) is 40.5 Å². The van der Waals surface area contributed by atoms with Crippen LogP contribution in [0.4, 0.5) is 0 Å². The minimum Gasteiger partial charge on any atom is -0.305 e. The van der Waals surface area contributed by atoms with Crippen LogP contribution >= 0.6 is 11.3 Å². The lowest BCUT2D eigenvalue weighted by atomic mass is 9.94. The van der Waals surface area contributed by atoms with Gasteiger partial charge < -0.3 is 5.32 Å². The van der Waals surface area contributed by atoms with Gasteiger partial charge in [0.25, 0.3) is 0 Å². The monoisotopic (exact) mass is 266 g/mol. The molecular formula is C15H26N2S. The molecule has 18 heavy (non-hydrogen) atoms. The molecule has 1 aromatic rings. The lowest BCUT2D eigenvalue weighted by Gasteiger charge is -2.26. The van der Waals surface area contributed by atoms with Gasteiger partial charge in [0.05, 0.1) is 11.7 Å². The lowest BCUT2D eigenvalue weighted by Crippen LogP contribution is -2.33. The molecule has 0 spiro atoms. The molecule has 3 heteroatoms. The molecule has 0 radical (unpaired) electrons. The molecule has 2 nitrogen and oxygen atoms in total. The zero-order chi connectivity index (χ0) is 13.1. The van der Waals surface area contributed by atoms with Gasteiger partial charge in [0.2, 0.25) is 0 Å². The topological polar surface area (TPSA) is 24.9 Å². The number of hydrogen-bond donors (Lipinski definition) is 1. The van der Waals surface area contributed by atoms with E-state index in [0.29, 0.717) is 18.0 Å². The first-order chi connectivity index (χ1) is 8.65. The molecular weight excluding hydrogens is 240 g/mol. The summed E-state index contributed by atoms with van der Waals surface area (Å²) in [6.07, 6.45) is 6.21. The summed E-state index contributed by atoms with van der Waals surface area (Å²) in [5.41, 5.74) is 1.39. The summed E-state index contributed by atoms with van der Waals surface area (Å²) in [7, 11) is 0. The second-order valence-electron chi connectivity index (χ2n) is 5.65. The van der Waals surface area contributed by atoms with Gasteiger partial charge in [-0.2, -0.15) is 0 Å². The predicted octanol–water partition coefficient (Wildman–Crippen LogP) is 4.11. The van der Waals surface area contributed by atoms with Crippen molar-refractivity contribution in [2.45, 2.75) is 71.9 Å². The summed E-state index contributed by atoms with van der Waals surface area (Å²) >= 11 is 1.96. The molecule has 102 valence electrons. The molecule has 0 saturated carbocycles. The average Bonchev–Trinajstić information content (AvgIpc) is 2.88. The van der Waals surface area contributed by atoms with Crippen molar-refractivity contribution < 1.29 is 0 Å². The fourth-order valence-electron chi connectivity index (χ4n) is 2.87. The number of aromatic nitrogens is 1. The van der Waals surface area contributed by atoms with Crippen LogP contribution in [0.25, 0.3) is 0 Å². The van der Waals surface area contributed by atoms with Crippen LogP contribution in [-0.2, 0) is 12.8 Å². The summed E-state index contributed by atoms with van der Waals surface area (Å²) in [4.78, 5) is 6.46. The molecule has 0 fully saturated rings. The quantitative estimate of drug-likeness (QED) is 0.838. The molecule has 0 aliphatic heterocycles. The molecule has 0 amide bonds. The van der Waals surface area contributed by atoms with E-state index in [1.165, 1.54) is 42.8 Å². The Kier molecular flexibility index (Phi) is 4.79. The van der Waals surface area contributed by atoms with Crippen molar-refractivity contribution in [3.05, 3.63) is 15.6 Å². The SMILES string of the molecule is CCC(CC)C(NC(C)C)c1nc2c(s1)CCC2. The van der Waals surface area contributed by atoms with E-state index in [0.717, 1.165) is 0 Å². The van der Waals surface area contributed by atoms with E-state index in [9.17, 15) is 0 Å². The Morgan fingerprint density at radius 1 is 1.22 bits per heavy atom. The van der Waals surface area contributed by atoms with Crippen molar-refractivity contribution in [3.63, 3.8) is 0 Å². The summed E-state index contributed by atoms with van der Waals surface area (Å²) in [5, 5.41) is 5.07. The van der Waals surface area contributed by atoms with Crippen molar-refractivity contribution in [1.29, 1.82) is 0 Å². The maximum Gasteiger partial charge on any atom is 0.110 e. The number of thiazole rings is 1. The number of nitrogens with zero attached hydrogens (tertiary/aromatic N) is 1. The molecule has 0 aromatic carbocycles. The Balaban J connectivity index is 2.21. The van der Waals surface area contributed by atoms with Gasteiger partial charge in [0.1, 0.15) is 5.01 Å². The first-order valence-corrected chi connectivity index (χ1v) is 8.21. The number of hydrogen-bond acceptors (Lipinski definition) is 3. The highest BCUT2D eigenvalue weighted by Crippen LogP contribution is 2.35. The van der Waals surface area contributed by atoms with Gasteiger partial charge in [0, 0.05) is 10.9 Å². The van der Waals surface area contributed by atoms with Crippen molar-refractivity contribution >= 4 is 11.3 Å². The molecule has 2 rings (SSSR count). The van der Waals surface area contributed by atoms with Crippen molar-refractivity contribution in [2.24, 2.45) is 5.92 Å². The van der Waals surface area contributed by atoms with Crippen LogP contribution in [0.5, 0.6) is 0 Å². The Labute approximate surface area is 115 Å². The van der Waals surface area contributed by atoms with Gasteiger partial charge in [-0.3, -0.25) is 0 Å². The van der Waals surface area contributed by atoms with Gasteiger partial charge in [-0.15, -0.1) is 11.3 Å². The summed E-state index contributed by atoms with van der Waals surface area (Å²) in [6.45, 7) is 9.06. The zero-order valence-electron chi connectivity index (χ0n) is 12.1. The third kappa shape index (κ3) is 2.94. The highest BCUT2D eigenvalue weighted by atomic mass is 32.1. The molecule has 1 unspecified atom stereocenters. The maximum absolute atomic E-state index is 4.92. The predicted molar refractivity (Wildman–Crippen MR) is 79.2 cm³/mol. The van der Waals surface area contributed by atoms with Gasteiger partial charge in [0.15, 0.2) is 0 Å². The summed E-state index contributed by atoms with van der Waals surface area (Å²) in [5.74, 6) is 0.707. The Morgan fingerprint density at radius 3 is 2.50 bits per heavy atom. The molecule has 1 heterocycles. The van der Waals surface area contributed by atoms with E-state index < -0.39 is 0 Å². The average molecular weight is 266 g/mol. The van der Waals surface area contributed by atoms with E-state index in [1.807, 2.05) is 11.3 Å². The van der Waals surface area contributed by atoms with Crippen molar-refractivity contribution in [2.75, 3.05) is 0 Å². The van der Waals surface area contributed by atoms with Crippen LogP contribution in [0.2, 0.25) is 0 Å². The molecule has 1 aliphatic carbocycles. The van der Waals surface area contributed by atoms with Crippen LogP contribution in [0.15, 0.2) is 0 Å². The standard InChI is InChI=1S/C15H26N2S/c1-5-11(6-2)14(16-10(3)4)15-17-12-8-7-9-13(12)18-15/h10-11,14,16H,5-9H2,1-4H3. The largest absolute Gasteiger partial charge is 0.305 e. The maximum atomic E-state index is 4.92. The van der Waals surface area contributed by atoms with E-state index in [4.69, 9.17) is 4.98 Å². The molecule has 1 atom stereocenters. The minimum atomic E-state index is 0.454. The van der Waals surface area contributed by atoms with E-state index in [1.54, 1.807) is 4.88 Å². The van der Waals surface area contributed by atoms with Crippen molar-refractivity contribution in [3.8, 4) is 0 Å². The van der Waals surface area contributed by atoms with Gasteiger partial charge in [-0.25, -0.2) is 4.98 Å². The van der Waals surface area contributed by atoms with Crippen LogP contribution in [0, 0.1) is 5.92 Å². The van der Waals surface area contributed by atoms with Crippen LogP contribution < -0.4 is 5.32 Å². The summed E-state index contributed by atoms with van der Waals surface area (Å²) in [6, 6.07) is 0.977. The number of aryl methyl sites for hydroxylation is 2. The molecule has 1 aliphatic rings. The first-order valence-electron chi connectivity index (χ1n) is 7.40. The highest BCUT2D eigenvalue weighted by Gasteiger charge is 2.26. The van der Waals surface area contributed by atoms with Gasteiger partial charge in [-0.05, 0) is 25.2 Å². The minimum absolute atomic E-state index is 0.454. The first kappa shape index (κ1) is 14.0. The Hall–Kier alpha value is -0.410. The Morgan fingerprint density at radius 2 is 1.94 bits per heavy atom. The van der Waals surface area contributed by atoms with Crippen LogP contribution in [-0.4, -0.2) is 11.0 Å². The zero-order valence-corrected chi connectivity index (χ0v) is 12.9. The fourth-order valence-corrected chi connectivity index (χ4v) is 4.18. The lowest BCUT2D eigenvalue weighted by molar-refractivity contribution is 0.320. The smallest absolute Gasteiger partial charge is 0.110 e. The van der Waals surface area contributed by atoms with Crippen molar-refractivity contribution in [1.82, 2.24) is 10.3 Å². The summed E-state index contributed by atoms with van der Waals surface area (Å²) < 4.78 is 0. The van der Waals surface area contributed by atoms with E-state index in [2.05, 4.69) is 33.0 Å². The number of rotatable bonds is 6. The van der Waals surface area contributed by atoms with E-state index in [-0.39, 0.29) is 0 Å². The highest BCUT2D eigenvalue weighted by molar-refractivity contribution is 7.11. The molecule has 0 bridgehead atoms. The third-order valence-electron chi connectivity index (χ3n) is 3.91. The van der Waals surface area contributed by atoms with Crippen LogP contribution in [0.1, 0.15) is 68.6 Å². The third-order valence-corrected chi connectivity index (χ3v) is 5.15. The normalized spacial score (nSPS) is 16.6. The van der Waals surface area contributed by atoms with E-state index >= 15 is 0 Å². The van der Waals surface area contributed by atoms with Crippen LogP contribution in [0.3, 0.4) is 0 Å². The fraction of sp³-hybridized carbons (Fsp3) is 0.800. The molecule has 1 aromatic heterocycles. The second-order valence-corrected chi connectivity index (χ2v) is 6.77. The van der Waals surface area contributed by atoms with Gasteiger partial charge >= 0.3 is 0 Å². The second kappa shape index (κ2) is 6.16. The molecule has 1 N–H and O–H groups in total. The number of fused-ring (bicyclic) bond motifs is 1.